The van der Waals surface area contributed by atoms with Crippen LogP contribution in [0, 0.1) is 0 Å². The molecule has 0 bridgehead atoms. The third-order valence-corrected chi connectivity index (χ3v) is 0.632. The molecule has 0 unspecified atom stereocenters. The van der Waals surface area contributed by atoms with Gasteiger partial charge in [0.15, 0.2) is 0 Å². The molecule has 0 aromatic rings. The molecule has 1 radical (unpaired) electrons. The molecule has 0 saturated carbocycles. The Hall–Kier alpha value is 1.46. The molecular formula is C2H4O3RbS. The van der Waals surface area contributed by atoms with Crippen LogP contribution < -0.4 is 0 Å². The van der Waals surface area contributed by atoms with Crippen LogP contribution in [0.4, 0.5) is 0 Å². The zero-order valence-electron chi connectivity index (χ0n) is 3.96. The van der Waals surface area contributed by atoms with Crippen LogP contribution in [0.1, 0.15) is 0 Å². The summed E-state index contributed by atoms with van der Waals surface area (Å²) in [4.78, 5) is 0. The summed E-state index contributed by atoms with van der Waals surface area (Å²) >= 11 is 0. The molecule has 1 N–H and O–H groups in total. The van der Waals surface area contributed by atoms with Gasteiger partial charge in [-0.3, -0.25) is 4.55 Å². The largest absolute Gasteiger partial charge is 0.287 e. The second-order valence-electron chi connectivity index (χ2n) is 0.682. The summed E-state index contributed by atoms with van der Waals surface area (Å²) in [6, 6.07) is 0. The van der Waals surface area contributed by atoms with Crippen LogP contribution in [-0.4, -0.2) is 71.2 Å². The van der Waals surface area contributed by atoms with Crippen LogP contribution in [0.5, 0.6) is 0 Å². The molecule has 37 valence electrons. The van der Waals surface area contributed by atoms with E-state index in [0.29, 0.717) is 5.41 Å². The topological polar surface area (TPSA) is 54.4 Å². The van der Waals surface area contributed by atoms with E-state index < -0.39 is 10.1 Å². The average Bonchev–Trinajstić information content (AvgIpc) is 1.35. The number of hydrogen-bond donors (Lipinski definition) is 1. The van der Waals surface area contributed by atoms with E-state index in [-0.39, 0.29) is 58.2 Å². The Morgan fingerprint density at radius 3 is 1.71 bits per heavy atom. The second-order valence-corrected chi connectivity index (χ2v) is 2.04. The van der Waals surface area contributed by atoms with E-state index in [1.165, 1.54) is 0 Å². The second kappa shape index (κ2) is 4.35. The number of rotatable bonds is 1. The molecule has 0 amide bonds. The van der Waals surface area contributed by atoms with Crippen molar-refractivity contribution in [3.63, 3.8) is 0 Å². The van der Waals surface area contributed by atoms with Gasteiger partial charge in [-0.15, -0.1) is 0 Å². The van der Waals surface area contributed by atoms with E-state index in [4.69, 9.17) is 4.55 Å². The van der Waals surface area contributed by atoms with Crippen LogP contribution in [0.25, 0.3) is 0 Å². The van der Waals surface area contributed by atoms with Crippen LogP contribution in [0.2, 0.25) is 0 Å². The van der Waals surface area contributed by atoms with Gasteiger partial charge in [0, 0.05) is 58.2 Å². The first-order valence-electron chi connectivity index (χ1n) is 1.16. The van der Waals surface area contributed by atoms with E-state index in [2.05, 4.69) is 6.58 Å². The van der Waals surface area contributed by atoms with Crippen molar-refractivity contribution in [2.24, 2.45) is 0 Å². The van der Waals surface area contributed by atoms with Gasteiger partial charge in [0.2, 0.25) is 0 Å². The van der Waals surface area contributed by atoms with Gasteiger partial charge >= 0.3 is 0 Å². The van der Waals surface area contributed by atoms with Gasteiger partial charge in [-0.25, -0.2) is 0 Å². The van der Waals surface area contributed by atoms with Crippen molar-refractivity contribution in [2.45, 2.75) is 0 Å². The van der Waals surface area contributed by atoms with Gasteiger partial charge in [0.1, 0.15) is 0 Å². The van der Waals surface area contributed by atoms with Gasteiger partial charge in [-0.2, -0.15) is 8.42 Å². The first-order chi connectivity index (χ1) is 2.56. The fraction of sp³-hybridized carbons (Fsp3) is 0. The molecule has 0 rings (SSSR count). The predicted octanol–water partition coefficient (Wildman–Crippen LogP) is -0.363. The summed E-state index contributed by atoms with van der Waals surface area (Å²) in [6.45, 7) is 2.79. The normalized spacial score (nSPS) is 9.29. The average molecular weight is 194 g/mol. The van der Waals surface area contributed by atoms with Crippen molar-refractivity contribution in [3.05, 3.63) is 12.0 Å². The quantitative estimate of drug-likeness (QED) is 0.579. The van der Waals surface area contributed by atoms with Crippen molar-refractivity contribution in [1.82, 2.24) is 0 Å². The van der Waals surface area contributed by atoms with Gasteiger partial charge < -0.3 is 0 Å². The van der Waals surface area contributed by atoms with Crippen LogP contribution in [0.15, 0.2) is 12.0 Å². The maximum Gasteiger partial charge on any atom is 0.287 e. The van der Waals surface area contributed by atoms with E-state index in [0.717, 1.165) is 0 Å². The van der Waals surface area contributed by atoms with Crippen LogP contribution in [0.3, 0.4) is 0 Å². The summed E-state index contributed by atoms with van der Waals surface area (Å²) in [5.41, 5.74) is 0. The summed E-state index contributed by atoms with van der Waals surface area (Å²) in [6.07, 6.45) is 0. The predicted molar refractivity (Wildman–Crippen MR) is 27.5 cm³/mol. The molecule has 7 heavy (non-hydrogen) atoms. The molecule has 0 heterocycles. The van der Waals surface area contributed by atoms with E-state index in [1.54, 1.807) is 0 Å². The third-order valence-electron chi connectivity index (χ3n) is 0.211. The van der Waals surface area contributed by atoms with Crippen molar-refractivity contribution in [3.8, 4) is 0 Å². The van der Waals surface area contributed by atoms with E-state index >= 15 is 0 Å². The minimum Gasteiger partial charge on any atom is -0.282 e. The molecule has 0 aromatic heterocycles. The Balaban J connectivity index is 0. The first-order valence-corrected chi connectivity index (χ1v) is 2.66. The van der Waals surface area contributed by atoms with Crippen molar-refractivity contribution < 1.29 is 13.0 Å². The SMILES string of the molecule is C=CS(=O)(=O)O.[Rb]. The summed E-state index contributed by atoms with van der Waals surface area (Å²) in [5, 5.41) is 0.465. The van der Waals surface area contributed by atoms with Gasteiger partial charge in [0.05, 0.1) is 5.41 Å². The maximum atomic E-state index is 9.44. The molecule has 5 heteroatoms. The zero-order valence-corrected chi connectivity index (χ0v) is 9.69. The zero-order chi connectivity index (χ0) is 5.21. The molecule has 0 fully saturated rings. The number of hydrogen-bond acceptors (Lipinski definition) is 2. The third kappa shape index (κ3) is 11.2. The summed E-state index contributed by atoms with van der Waals surface area (Å²) < 4.78 is 26.6. The molecular weight excluding hydrogens is 190 g/mol. The van der Waals surface area contributed by atoms with Crippen molar-refractivity contribution >= 4 is 68.3 Å². The Morgan fingerprint density at radius 1 is 1.57 bits per heavy atom. The Labute approximate surface area is 91.3 Å². The fourth-order valence-corrected chi connectivity index (χ4v) is 0. The van der Waals surface area contributed by atoms with Crippen molar-refractivity contribution in [2.75, 3.05) is 0 Å². The summed E-state index contributed by atoms with van der Waals surface area (Å²) in [7, 11) is -3.90. The smallest absolute Gasteiger partial charge is 0.282 e. The Morgan fingerprint density at radius 2 is 1.71 bits per heavy atom. The molecule has 0 aromatic carbocycles. The molecule has 0 spiro atoms. The Kier molecular flexibility index (Phi) is 7.00. The van der Waals surface area contributed by atoms with Gasteiger partial charge in [-0.1, -0.05) is 6.58 Å². The molecule has 0 aliphatic carbocycles. The minimum absolute atomic E-state index is 0. The minimum atomic E-state index is -3.90. The monoisotopic (exact) mass is 193 g/mol. The Bertz CT molecular complexity index is 123. The van der Waals surface area contributed by atoms with Crippen LogP contribution in [-0.2, 0) is 10.1 Å². The van der Waals surface area contributed by atoms with E-state index in [9.17, 15) is 8.42 Å². The molecule has 0 aliphatic heterocycles. The van der Waals surface area contributed by atoms with Gasteiger partial charge in [0.25, 0.3) is 10.1 Å². The molecule has 0 atom stereocenters. The fourth-order valence-electron chi connectivity index (χ4n) is 0. The van der Waals surface area contributed by atoms with Crippen molar-refractivity contribution in [1.29, 1.82) is 0 Å². The molecule has 3 nitrogen and oxygen atoms in total. The van der Waals surface area contributed by atoms with Gasteiger partial charge in [-0.05, 0) is 0 Å². The summed E-state index contributed by atoms with van der Waals surface area (Å²) in [5.74, 6) is 0. The van der Waals surface area contributed by atoms with Crippen LogP contribution >= 0.6 is 0 Å². The maximum absolute atomic E-state index is 9.44. The van der Waals surface area contributed by atoms with E-state index in [1.807, 2.05) is 0 Å². The molecule has 0 saturated heterocycles. The molecule has 0 aliphatic rings. The standard InChI is InChI=1S/C2H4O3S.Rb/c1-2-6(3,4)5;/h2H,1H2,(H,3,4,5);. The first kappa shape index (κ1) is 11.3.